The molecular formula is C21H26N2O4S. The van der Waals surface area contributed by atoms with Gasteiger partial charge in [-0.25, -0.2) is 8.42 Å². The van der Waals surface area contributed by atoms with Crippen LogP contribution < -0.4 is 9.62 Å². The first-order chi connectivity index (χ1) is 13.4. The summed E-state index contributed by atoms with van der Waals surface area (Å²) in [4.78, 5) is 12.7. The van der Waals surface area contributed by atoms with Crippen molar-refractivity contribution in [2.75, 3.05) is 24.0 Å². The number of amides is 1. The maximum atomic E-state index is 13.3. The van der Waals surface area contributed by atoms with Gasteiger partial charge in [-0.15, -0.1) is 0 Å². The van der Waals surface area contributed by atoms with E-state index in [0.717, 1.165) is 24.0 Å². The normalized spacial score (nSPS) is 16.7. The fourth-order valence-electron chi connectivity index (χ4n) is 3.23. The molecule has 7 heteroatoms. The number of carbonyl (C=O) groups is 1. The third kappa shape index (κ3) is 4.72. The predicted octanol–water partition coefficient (Wildman–Crippen LogP) is 2.79. The van der Waals surface area contributed by atoms with Crippen LogP contribution in [-0.4, -0.2) is 40.1 Å². The van der Waals surface area contributed by atoms with Crippen LogP contribution in [0, 0.1) is 13.8 Å². The lowest BCUT2D eigenvalue weighted by Gasteiger charge is -2.26. The highest BCUT2D eigenvalue weighted by molar-refractivity contribution is 7.92. The molecule has 1 aliphatic heterocycles. The van der Waals surface area contributed by atoms with Crippen molar-refractivity contribution in [3.8, 4) is 0 Å². The Kier molecular flexibility index (Phi) is 6.36. The smallest absolute Gasteiger partial charge is 0.264 e. The van der Waals surface area contributed by atoms with E-state index < -0.39 is 10.0 Å². The molecule has 1 saturated heterocycles. The molecule has 1 aliphatic rings. The molecule has 1 atom stereocenters. The highest BCUT2D eigenvalue weighted by Crippen LogP contribution is 2.27. The zero-order chi connectivity index (χ0) is 20.1. The molecule has 28 heavy (non-hydrogen) atoms. The van der Waals surface area contributed by atoms with E-state index in [1.54, 1.807) is 24.3 Å². The Morgan fingerprint density at radius 2 is 1.93 bits per heavy atom. The molecule has 1 heterocycles. The molecule has 0 saturated carbocycles. The second-order valence-electron chi connectivity index (χ2n) is 7.05. The first kappa shape index (κ1) is 20.4. The van der Waals surface area contributed by atoms with Crippen molar-refractivity contribution < 1.29 is 17.9 Å². The van der Waals surface area contributed by atoms with E-state index in [9.17, 15) is 13.2 Å². The second-order valence-corrected chi connectivity index (χ2v) is 8.92. The summed E-state index contributed by atoms with van der Waals surface area (Å²) in [5.74, 6) is -0.351. The minimum Gasteiger partial charge on any atom is -0.376 e. The van der Waals surface area contributed by atoms with Gasteiger partial charge < -0.3 is 10.1 Å². The lowest BCUT2D eigenvalue weighted by atomic mass is 10.1. The molecule has 1 fully saturated rings. The van der Waals surface area contributed by atoms with E-state index in [2.05, 4.69) is 5.32 Å². The number of nitrogens with one attached hydrogen (secondary N) is 1. The number of rotatable bonds is 7. The number of sulfonamides is 1. The minimum absolute atomic E-state index is 0.00355. The first-order valence-electron chi connectivity index (χ1n) is 9.41. The van der Waals surface area contributed by atoms with Gasteiger partial charge in [0.25, 0.3) is 10.0 Å². The summed E-state index contributed by atoms with van der Waals surface area (Å²) >= 11 is 0. The van der Waals surface area contributed by atoms with Gasteiger partial charge in [0.05, 0.1) is 16.7 Å². The minimum atomic E-state index is -3.88. The van der Waals surface area contributed by atoms with E-state index in [1.807, 2.05) is 26.0 Å². The van der Waals surface area contributed by atoms with E-state index in [4.69, 9.17) is 4.74 Å². The van der Waals surface area contributed by atoms with Crippen molar-refractivity contribution in [2.45, 2.75) is 37.7 Å². The van der Waals surface area contributed by atoms with Crippen LogP contribution in [0.25, 0.3) is 0 Å². The molecule has 2 aromatic rings. The molecule has 0 unspecified atom stereocenters. The Bertz CT molecular complexity index is 923. The summed E-state index contributed by atoms with van der Waals surface area (Å²) in [5, 5.41) is 2.81. The monoisotopic (exact) mass is 402 g/mol. The van der Waals surface area contributed by atoms with Crippen LogP contribution in [0.2, 0.25) is 0 Å². The van der Waals surface area contributed by atoms with Crippen molar-refractivity contribution in [1.82, 2.24) is 5.32 Å². The van der Waals surface area contributed by atoms with Crippen molar-refractivity contribution in [2.24, 2.45) is 0 Å². The summed E-state index contributed by atoms with van der Waals surface area (Å²) in [6.07, 6.45) is 1.89. The molecule has 150 valence electrons. The number of nitrogens with zero attached hydrogens (tertiary/aromatic N) is 1. The van der Waals surface area contributed by atoms with Gasteiger partial charge in [-0.1, -0.05) is 30.3 Å². The Morgan fingerprint density at radius 3 is 2.61 bits per heavy atom. The molecule has 2 aromatic carbocycles. The number of hydrogen-bond donors (Lipinski definition) is 1. The van der Waals surface area contributed by atoms with E-state index in [0.29, 0.717) is 18.8 Å². The van der Waals surface area contributed by atoms with Gasteiger partial charge >= 0.3 is 0 Å². The molecule has 6 nitrogen and oxygen atoms in total. The Balaban J connectivity index is 1.88. The molecule has 0 bridgehead atoms. The van der Waals surface area contributed by atoms with E-state index in [1.165, 1.54) is 16.4 Å². The van der Waals surface area contributed by atoms with Gasteiger partial charge in [0.15, 0.2) is 0 Å². The summed E-state index contributed by atoms with van der Waals surface area (Å²) in [6, 6.07) is 13.8. The van der Waals surface area contributed by atoms with Gasteiger partial charge in [-0.2, -0.15) is 0 Å². The Morgan fingerprint density at radius 1 is 1.18 bits per heavy atom. The number of aryl methyl sites for hydroxylation is 2. The van der Waals surface area contributed by atoms with Gasteiger partial charge in [-0.05, 0) is 56.0 Å². The lowest BCUT2D eigenvalue weighted by Crippen LogP contribution is -2.43. The van der Waals surface area contributed by atoms with Crippen molar-refractivity contribution in [3.63, 3.8) is 0 Å². The zero-order valence-corrected chi connectivity index (χ0v) is 17.0. The molecule has 0 aliphatic carbocycles. The van der Waals surface area contributed by atoms with Crippen LogP contribution in [0.1, 0.15) is 24.0 Å². The second kappa shape index (κ2) is 8.75. The van der Waals surface area contributed by atoms with Crippen LogP contribution in [0.3, 0.4) is 0 Å². The average Bonchev–Trinajstić information content (AvgIpc) is 3.21. The largest absolute Gasteiger partial charge is 0.376 e. The van der Waals surface area contributed by atoms with Crippen molar-refractivity contribution >= 4 is 21.6 Å². The quantitative estimate of drug-likeness (QED) is 0.773. The van der Waals surface area contributed by atoms with Crippen LogP contribution in [0.15, 0.2) is 53.4 Å². The molecule has 0 aromatic heterocycles. The highest BCUT2D eigenvalue weighted by Gasteiger charge is 2.28. The summed E-state index contributed by atoms with van der Waals surface area (Å²) in [6.45, 7) is 4.55. The van der Waals surface area contributed by atoms with Crippen LogP contribution in [0.5, 0.6) is 0 Å². The predicted molar refractivity (Wildman–Crippen MR) is 109 cm³/mol. The third-order valence-electron chi connectivity index (χ3n) is 4.80. The molecule has 1 amide bonds. The Labute approximate surface area is 166 Å². The van der Waals surface area contributed by atoms with E-state index >= 15 is 0 Å². The lowest BCUT2D eigenvalue weighted by molar-refractivity contribution is -0.120. The van der Waals surface area contributed by atoms with Crippen molar-refractivity contribution in [3.05, 3.63) is 59.7 Å². The van der Waals surface area contributed by atoms with Crippen LogP contribution in [-0.2, 0) is 19.6 Å². The molecule has 3 rings (SSSR count). The topological polar surface area (TPSA) is 75.7 Å². The summed E-state index contributed by atoms with van der Waals surface area (Å²) in [5.41, 5.74) is 2.22. The highest BCUT2D eigenvalue weighted by atomic mass is 32.2. The summed E-state index contributed by atoms with van der Waals surface area (Å²) < 4.78 is 33.3. The maximum Gasteiger partial charge on any atom is 0.264 e. The maximum absolute atomic E-state index is 13.3. The first-order valence-corrected chi connectivity index (χ1v) is 10.9. The van der Waals surface area contributed by atoms with Gasteiger partial charge in [0.2, 0.25) is 5.91 Å². The molecule has 1 N–H and O–H groups in total. The van der Waals surface area contributed by atoms with Gasteiger partial charge in [-0.3, -0.25) is 9.10 Å². The number of carbonyl (C=O) groups excluding carboxylic acids is 1. The van der Waals surface area contributed by atoms with Crippen LogP contribution in [0.4, 0.5) is 5.69 Å². The average molecular weight is 403 g/mol. The Hall–Kier alpha value is -2.38. The zero-order valence-electron chi connectivity index (χ0n) is 16.2. The summed E-state index contributed by atoms with van der Waals surface area (Å²) in [7, 11) is -3.88. The fraction of sp³-hybridized carbons (Fsp3) is 0.381. The fourth-order valence-corrected chi connectivity index (χ4v) is 4.73. The number of anilines is 1. The number of ether oxygens (including phenoxy) is 1. The van der Waals surface area contributed by atoms with Gasteiger partial charge in [0, 0.05) is 13.2 Å². The number of hydrogen-bond acceptors (Lipinski definition) is 4. The van der Waals surface area contributed by atoms with E-state index in [-0.39, 0.29) is 23.5 Å². The molecule has 0 radical (unpaired) electrons. The van der Waals surface area contributed by atoms with Gasteiger partial charge in [0.1, 0.15) is 6.54 Å². The number of benzene rings is 2. The SMILES string of the molecule is Cc1ccc(C)c(N(CC(=O)NC[C@H]2CCCO2)S(=O)(=O)c2ccccc2)c1. The molecule has 0 spiro atoms. The third-order valence-corrected chi connectivity index (χ3v) is 6.58. The van der Waals surface area contributed by atoms with Crippen LogP contribution >= 0.6 is 0 Å². The van der Waals surface area contributed by atoms with Crippen molar-refractivity contribution in [1.29, 1.82) is 0 Å². The standard InChI is InChI=1S/C21H26N2O4S/c1-16-10-11-17(2)20(13-16)23(28(25,26)19-8-4-3-5-9-19)15-21(24)22-14-18-7-6-12-27-18/h3-5,8-11,13,18H,6-7,12,14-15H2,1-2H3,(H,22,24)/t18-/m1/s1. The molecular weight excluding hydrogens is 376 g/mol.